The zero-order valence-electron chi connectivity index (χ0n) is 19.5. The Morgan fingerprint density at radius 1 is 1.11 bits per heavy atom. The van der Waals surface area contributed by atoms with Crippen molar-refractivity contribution >= 4 is 23.5 Å². The lowest BCUT2D eigenvalue weighted by molar-refractivity contribution is -0.139. The Labute approximate surface area is 207 Å². The summed E-state index contributed by atoms with van der Waals surface area (Å²) in [5.41, 5.74) is 6.52. The highest BCUT2D eigenvalue weighted by atomic mass is 32.2. The molecule has 3 aromatic rings. The van der Waals surface area contributed by atoms with Crippen molar-refractivity contribution in [2.24, 2.45) is 11.7 Å². The van der Waals surface area contributed by atoms with Crippen LogP contribution in [0.1, 0.15) is 43.7 Å². The van der Waals surface area contributed by atoms with Crippen molar-refractivity contribution < 1.29 is 18.0 Å². The maximum absolute atomic E-state index is 14.1. The van der Waals surface area contributed by atoms with E-state index in [0.29, 0.717) is 30.2 Å². The van der Waals surface area contributed by atoms with Crippen LogP contribution < -0.4 is 10.6 Å². The van der Waals surface area contributed by atoms with Crippen molar-refractivity contribution in [1.82, 2.24) is 9.97 Å². The normalized spacial score (nSPS) is 16.5. The molecule has 0 spiro atoms. The lowest BCUT2D eigenvalue weighted by Crippen LogP contribution is -2.41. The molecule has 2 heterocycles. The number of anilines is 1. The van der Waals surface area contributed by atoms with Gasteiger partial charge in [-0.1, -0.05) is 49.9 Å². The van der Waals surface area contributed by atoms with Gasteiger partial charge in [0.1, 0.15) is 12.1 Å². The minimum atomic E-state index is -4.53. The van der Waals surface area contributed by atoms with E-state index in [2.05, 4.69) is 9.97 Å². The number of hydrogen-bond donors (Lipinski definition) is 1. The fraction of sp³-hybridized carbons (Fsp3) is 0.346. The van der Waals surface area contributed by atoms with Crippen LogP contribution in [0.3, 0.4) is 0 Å². The van der Waals surface area contributed by atoms with Gasteiger partial charge in [0.15, 0.2) is 0 Å². The van der Waals surface area contributed by atoms with E-state index in [0.717, 1.165) is 41.1 Å². The molecule has 5 nitrogen and oxygen atoms in total. The maximum atomic E-state index is 14.1. The summed E-state index contributed by atoms with van der Waals surface area (Å²) in [7, 11) is 0. The number of aromatic nitrogens is 2. The highest BCUT2D eigenvalue weighted by Crippen LogP contribution is 2.43. The van der Waals surface area contributed by atoms with E-state index >= 15 is 0 Å². The summed E-state index contributed by atoms with van der Waals surface area (Å²) < 4.78 is 42.3. The van der Waals surface area contributed by atoms with E-state index in [9.17, 15) is 18.0 Å². The lowest BCUT2D eigenvalue weighted by Gasteiger charge is -2.32. The van der Waals surface area contributed by atoms with E-state index in [-0.39, 0.29) is 22.6 Å². The molecule has 35 heavy (non-hydrogen) atoms. The molecule has 1 amide bonds. The zero-order valence-corrected chi connectivity index (χ0v) is 20.4. The minimum Gasteiger partial charge on any atom is -0.369 e. The standard InChI is InChI=1S/C26H27F3N4OS/c1-16(2)19-7-3-4-8-22(19)35-23-10-9-17(12-20(23)26(27,28)29)21-13-24(32-15-31-21)33-11-5-6-18(14-33)25(30)34/h3-4,7-10,12-13,15-16,18H,5-6,11,14H2,1-2H3,(H2,30,34)/t18-/m0/s1. The van der Waals surface area contributed by atoms with Gasteiger partial charge in [0.25, 0.3) is 0 Å². The van der Waals surface area contributed by atoms with Crippen LogP contribution in [-0.4, -0.2) is 29.0 Å². The van der Waals surface area contributed by atoms with Gasteiger partial charge in [0.05, 0.1) is 17.2 Å². The molecule has 1 saturated heterocycles. The predicted octanol–water partition coefficient (Wildman–Crippen LogP) is 6.14. The average molecular weight is 501 g/mol. The van der Waals surface area contributed by atoms with Gasteiger partial charge < -0.3 is 10.6 Å². The van der Waals surface area contributed by atoms with Gasteiger partial charge in [-0.25, -0.2) is 9.97 Å². The summed E-state index contributed by atoms with van der Waals surface area (Å²) in [6.45, 7) is 5.17. The van der Waals surface area contributed by atoms with Crippen LogP contribution in [0.4, 0.5) is 19.0 Å². The summed E-state index contributed by atoms with van der Waals surface area (Å²) in [5.74, 6) is 0.129. The first-order valence-electron chi connectivity index (χ1n) is 11.5. The first-order chi connectivity index (χ1) is 16.6. The number of amides is 1. The van der Waals surface area contributed by atoms with E-state index in [1.165, 1.54) is 12.4 Å². The topological polar surface area (TPSA) is 72.1 Å². The highest BCUT2D eigenvalue weighted by Gasteiger charge is 2.34. The van der Waals surface area contributed by atoms with Crippen molar-refractivity contribution in [1.29, 1.82) is 0 Å². The Morgan fingerprint density at radius 3 is 2.60 bits per heavy atom. The van der Waals surface area contributed by atoms with Crippen LogP contribution in [0, 0.1) is 5.92 Å². The molecule has 1 aliphatic rings. The second kappa shape index (κ2) is 10.3. The van der Waals surface area contributed by atoms with Gasteiger partial charge in [-0.05, 0) is 42.5 Å². The number of nitrogens with two attached hydrogens (primary N) is 1. The zero-order chi connectivity index (χ0) is 25.2. The number of carbonyl (C=O) groups is 1. The molecular weight excluding hydrogens is 473 g/mol. The molecule has 184 valence electrons. The highest BCUT2D eigenvalue weighted by molar-refractivity contribution is 7.99. The molecule has 2 N–H and O–H groups in total. The van der Waals surface area contributed by atoms with Crippen LogP contribution in [0.25, 0.3) is 11.3 Å². The monoisotopic (exact) mass is 500 g/mol. The third kappa shape index (κ3) is 5.78. The molecule has 1 aliphatic heterocycles. The average Bonchev–Trinajstić information content (AvgIpc) is 2.84. The smallest absolute Gasteiger partial charge is 0.369 e. The molecular formula is C26H27F3N4OS. The van der Waals surface area contributed by atoms with Crippen molar-refractivity contribution in [2.75, 3.05) is 18.0 Å². The number of nitrogens with zero attached hydrogens (tertiary/aromatic N) is 3. The van der Waals surface area contributed by atoms with Gasteiger partial charge in [-0.2, -0.15) is 13.2 Å². The summed E-state index contributed by atoms with van der Waals surface area (Å²) in [4.78, 5) is 23.0. The van der Waals surface area contributed by atoms with Crippen molar-refractivity contribution in [3.63, 3.8) is 0 Å². The molecule has 9 heteroatoms. The second-order valence-corrected chi connectivity index (χ2v) is 10.0. The molecule has 1 aromatic heterocycles. The van der Waals surface area contributed by atoms with Crippen molar-refractivity contribution in [2.45, 2.75) is 48.6 Å². The number of alkyl halides is 3. The third-order valence-electron chi connectivity index (χ3n) is 6.14. The molecule has 2 aromatic carbocycles. The largest absolute Gasteiger partial charge is 0.417 e. The van der Waals surface area contributed by atoms with Crippen LogP contribution in [0.5, 0.6) is 0 Å². The van der Waals surface area contributed by atoms with Gasteiger partial charge in [-0.3, -0.25) is 4.79 Å². The van der Waals surface area contributed by atoms with Gasteiger partial charge in [0.2, 0.25) is 5.91 Å². The summed E-state index contributed by atoms with van der Waals surface area (Å²) in [5, 5.41) is 0. The third-order valence-corrected chi connectivity index (χ3v) is 7.31. The fourth-order valence-electron chi connectivity index (χ4n) is 4.26. The summed E-state index contributed by atoms with van der Waals surface area (Å²) in [6.07, 6.45) is -1.68. The number of benzene rings is 2. The van der Waals surface area contributed by atoms with E-state index in [1.54, 1.807) is 12.1 Å². The quantitative estimate of drug-likeness (QED) is 0.440. The second-order valence-electron chi connectivity index (χ2n) is 8.95. The fourth-order valence-corrected chi connectivity index (χ4v) is 5.49. The van der Waals surface area contributed by atoms with E-state index in [1.807, 2.05) is 43.0 Å². The summed E-state index contributed by atoms with van der Waals surface area (Å²) >= 11 is 1.12. The first-order valence-corrected chi connectivity index (χ1v) is 12.3. The number of carbonyl (C=O) groups excluding carboxylic acids is 1. The Balaban J connectivity index is 1.67. The van der Waals surface area contributed by atoms with Crippen LogP contribution in [-0.2, 0) is 11.0 Å². The number of piperidine rings is 1. The van der Waals surface area contributed by atoms with E-state index < -0.39 is 11.7 Å². The molecule has 0 unspecified atom stereocenters. The number of hydrogen-bond acceptors (Lipinski definition) is 5. The minimum absolute atomic E-state index is 0.143. The Morgan fingerprint density at radius 2 is 1.89 bits per heavy atom. The molecule has 0 radical (unpaired) electrons. The number of halogens is 3. The summed E-state index contributed by atoms with van der Waals surface area (Å²) in [6, 6.07) is 13.5. The maximum Gasteiger partial charge on any atom is 0.417 e. The molecule has 0 bridgehead atoms. The lowest BCUT2D eigenvalue weighted by atomic mass is 9.97. The Kier molecular flexibility index (Phi) is 7.35. The van der Waals surface area contributed by atoms with Gasteiger partial charge >= 0.3 is 6.18 Å². The molecule has 4 rings (SSSR count). The molecule has 1 fully saturated rings. The van der Waals surface area contributed by atoms with Crippen LogP contribution in [0.15, 0.2) is 64.6 Å². The number of rotatable bonds is 6. The molecule has 1 atom stereocenters. The van der Waals surface area contributed by atoms with Gasteiger partial charge in [-0.15, -0.1) is 0 Å². The number of primary amides is 1. The molecule has 0 aliphatic carbocycles. The van der Waals surface area contributed by atoms with Gasteiger partial charge in [0, 0.05) is 34.5 Å². The first kappa shape index (κ1) is 25.0. The van der Waals surface area contributed by atoms with Crippen molar-refractivity contribution in [3.8, 4) is 11.3 Å². The Bertz CT molecular complexity index is 1220. The Hall–Kier alpha value is -3.07. The van der Waals surface area contributed by atoms with Crippen molar-refractivity contribution in [3.05, 3.63) is 66.0 Å². The predicted molar refractivity (Wildman–Crippen MR) is 131 cm³/mol. The van der Waals surface area contributed by atoms with Crippen LogP contribution in [0.2, 0.25) is 0 Å². The SMILES string of the molecule is CC(C)c1ccccc1Sc1ccc(-c2cc(N3CCC[C@H](C(N)=O)C3)ncn2)cc1C(F)(F)F. The van der Waals surface area contributed by atoms with E-state index in [4.69, 9.17) is 5.73 Å². The molecule has 0 saturated carbocycles. The van der Waals surface area contributed by atoms with Crippen LogP contribution >= 0.6 is 11.8 Å².